The fourth-order valence-electron chi connectivity index (χ4n) is 7.39. The number of nitrogens with zero attached hydrogens (tertiary/aromatic N) is 3. The number of nitrogens with one attached hydrogen (secondary N) is 3. The van der Waals surface area contributed by atoms with Gasteiger partial charge in [-0.3, -0.25) is 29.4 Å². The molecule has 0 saturated carbocycles. The number of benzodiazepines with no additional fused rings is 3. The van der Waals surface area contributed by atoms with Crippen LogP contribution in [0.15, 0.2) is 147 Å². The Bertz CT molecular complexity index is 3210. The molecular weight excluding hydrogens is 986 g/mol. The van der Waals surface area contributed by atoms with E-state index in [0.29, 0.717) is 73.1 Å². The molecule has 1 saturated heterocycles. The van der Waals surface area contributed by atoms with E-state index in [1.165, 1.54) is 31.0 Å². The van der Waals surface area contributed by atoms with Crippen LogP contribution in [0.2, 0.25) is 19.6 Å². The number of benzene rings is 6. The summed E-state index contributed by atoms with van der Waals surface area (Å²) in [5.74, 6) is 3.97. The third-order valence-electron chi connectivity index (χ3n) is 10.7. The van der Waals surface area contributed by atoms with Gasteiger partial charge in [-0.05, 0) is 104 Å². The molecule has 4 aliphatic heterocycles. The molecule has 6 aromatic carbocycles. The Morgan fingerprint density at radius 3 is 1.30 bits per heavy atom. The molecule has 0 spiro atoms. The van der Waals surface area contributed by atoms with Gasteiger partial charge in [0.15, 0.2) is 0 Å². The van der Waals surface area contributed by atoms with Crippen molar-refractivity contribution in [2.24, 2.45) is 15.0 Å². The van der Waals surface area contributed by atoms with Crippen molar-refractivity contribution in [2.75, 3.05) is 48.8 Å². The summed E-state index contributed by atoms with van der Waals surface area (Å²) in [4.78, 5) is 48.2. The number of halogens is 4. The second-order valence-corrected chi connectivity index (χ2v) is 22.9. The van der Waals surface area contributed by atoms with Gasteiger partial charge in [-0.2, -0.15) is 0 Å². The SMILES string of the molecule is C#Cc1ccc2c(c1)C(c1ccccc1F)=NCC(=O)N2.C1CCOC1.C[Si](C)(C)C#Cc1ccc2c(c1)C(c1ccccc1F)=NCC(=O)N2.O=C1CN=C(c2ccccc2F)c2cc(Br)ccc2N1. The van der Waals surface area contributed by atoms with Crippen LogP contribution in [-0.4, -0.2) is 75.8 Å². The van der Waals surface area contributed by atoms with Gasteiger partial charge in [0, 0.05) is 62.2 Å². The van der Waals surface area contributed by atoms with Crippen molar-refractivity contribution in [3.05, 3.63) is 194 Å². The van der Waals surface area contributed by atoms with E-state index in [4.69, 9.17) is 11.2 Å². The van der Waals surface area contributed by atoms with E-state index in [9.17, 15) is 27.6 Å². The number of hydrogen-bond donors (Lipinski definition) is 3. The van der Waals surface area contributed by atoms with Crippen LogP contribution in [0.5, 0.6) is 0 Å². The summed E-state index contributed by atoms with van der Waals surface area (Å²) < 4.78 is 48.1. The fraction of sp³-hybridized carbons (Fsp3) is 0.179. The van der Waals surface area contributed by atoms with Gasteiger partial charge in [0.05, 0.1) is 34.2 Å². The monoisotopic (exact) mass is 1030 g/mol. The maximum Gasteiger partial charge on any atom is 0.246 e. The third-order valence-corrected chi connectivity index (χ3v) is 12.1. The van der Waals surface area contributed by atoms with Crippen molar-refractivity contribution in [3.63, 3.8) is 0 Å². The maximum absolute atomic E-state index is 14.3. The highest BCUT2D eigenvalue weighted by molar-refractivity contribution is 9.10. The zero-order valence-corrected chi connectivity index (χ0v) is 41.7. The van der Waals surface area contributed by atoms with Crippen LogP contribution in [0.25, 0.3) is 0 Å². The van der Waals surface area contributed by atoms with E-state index < -0.39 is 8.07 Å². The van der Waals surface area contributed by atoms with Crippen LogP contribution < -0.4 is 16.0 Å². The number of rotatable bonds is 3. The summed E-state index contributed by atoms with van der Waals surface area (Å²) >= 11 is 3.39. The van der Waals surface area contributed by atoms with Crippen LogP contribution in [0, 0.1) is 41.3 Å². The molecule has 10 nitrogen and oxygen atoms in total. The summed E-state index contributed by atoms with van der Waals surface area (Å²) in [7, 11) is -1.51. The van der Waals surface area contributed by atoms with E-state index in [-0.39, 0.29) is 54.8 Å². The van der Waals surface area contributed by atoms with Crippen LogP contribution in [0.4, 0.5) is 30.2 Å². The molecule has 6 aromatic rings. The maximum atomic E-state index is 14.3. The summed E-state index contributed by atoms with van der Waals surface area (Å²) in [6.45, 7) is 8.43. The Hall–Kier alpha value is -7.69. The highest BCUT2D eigenvalue weighted by Gasteiger charge is 2.23. The van der Waals surface area contributed by atoms with Gasteiger partial charge in [-0.15, -0.1) is 12.0 Å². The number of carbonyl (C=O) groups is 3. The Balaban J connectivity index is 0.000000150. The molecule has 4 aliphatic rings. The van der Waals surface area contributed by atoms with Gasteiger partial charge in [0.2, 0.25) is 17.7 Å². The van der Waals surface area contributed by atoms with Crippen molar-refractivity contribution in [2.45, 2.75) is 32.5 Å². The number of anilines is 3. The molecule has 358 valence electrons. The van der Waals surface area contributed by atoms with Gasteiger partial charge in [-0.1, -0.05) is 83.8 Å². The van der Waals surface area contributed by atoms with E-state index in [0.717, 1.165) is 23.2 Å². The minimum atomic E-state index is -1.51. The lowest BCUT2D eigenvalue weighted by molar-refractivity contribution is -0.115. The quantitative estimate of drug-likeness (QED) is 0.120. The average molecular weight is 1030 g/mol. The zero-order valence-electron chi connectivity index (χ0n) is 39.1. The summed E-state index contributed by atoms with van der Waals surface area (Å²) in [6.07, 6.45) is 7.97. The smallest absolute Gasteiger partial charge is 0.246 e. The minimum absolute atomic E-state index is 0.0179. The Kier molecular flexibility index (Phi) is 17.1. The van der Waals surface area contributed by atoms with Crippen molar-refractivity contribution < 1.29 is 32.3 Å². The number of fused-ring (bicyclic) bond motifs is 3. The van der Waals surface area contributed by atoms with Crippen LogP contribution >= 0.6 is 15.9 Å². The molecule has 3 N–H and O–H groups in total. The lowest BCUT2D eigenvalue weighted by Crippen LogP contribution is -2.16. The largest absolute Gasteiger partial charge is 0.381 e. The lowest BCUT2D eigenvalue weighted by atomic mass is 9.98. The molecule has 0 atom stereocenters. The minimum Gasteiger partial charge on any atom is -0.381 e. The molecular formula is C56H48BrF3N6O4Si. The number of terminal acetylenes is 1. The van der Waals surface area contributed by atoms with Crippen LogP contribution in [-0.2, 0) is 19.1 Å². The van der Waals surface area contributed by atoms with E-state index >= 15 is 0 Å². The van der Waals surface area contributed by atoms with Gasteiger partial charge >= 0.3 is 0 Å². The number of hydrogen-bond acceptors (Lipinski definition) is 7. The number of aliphatic imine (C=N–C) groups is 3. The van der Waals surface area contributed by atoms with Gasteiger partial charge in [0.1, 0.15) is 45.2 Å². The van der Waals surface area contributed by atoms with E-state index in [1.807, 2.05) is 30.3 Å². The first-order valence-corrected chi connectivity index (χ1v) is 26.9. The molecule has 71 heavy (non-hydrogen) atoms. The van der Waals surface area contributed by atoms with Gasteiger partial charge < -0.3 is 20.7 Å². The average Bonchev–Trinajstić information content (AvgIpc) is 3.79. The molecule has 3 amide bonds. The predicted octanol–water partition coefficient (Wildman–Crippen LogP) is 10.6. The highest BCUT2D eigenvalue weighted by Crippen LogP contribution is 2.29. The van der Waals surface area contributed by atoms with Crippen LogP contribution in [0.1, 0.15) is 57.3 Å². The number of amides is 3. The first kappa shape index (κ1) is 51.2. The fourth-order valence-corrected chi connectivity index (χ4v) is 8.27. The molecule has 10 rings (SSSR count). The van der Waals surface area contributed by atoms with Gasteiger partial charge in [0.25, 0.3) is 0 Å². The molecule has 15 heteroatoms. The van der Waals surface area contributed by atoms with Crippen LogP contribution in [0.3, 0.4) is 0 Å². The van der Waals surface area contributed by atoms with Gasteiger partial charge in [-0.25, -0.2) is 13.2 Å². The second kappa shape index (κ2) is 23.7. The predicted molar refractivity (Wildman–Crippen MR) is 282 cm³/mol. The zero-order chi connectivity index (χ0) is 50.5. The number of carbonyl (C=O) groups excluding carboxylic acids is 3. The molecule has 1 fully saturated rings. The van der Waals surface area contributed by atoms with E-state index in [2.05, 4.69) is 83.9 Å². The normalized spacial score (nSPS) is 14.5. The summed E-state index contributed by atoms with van der Waals surface area (Å²) in [5.41, 5.74) is 11.2. The Labute approximate surface area is 420 Å². The molecule has 0 bridgehead atoms. The van der Waals surface area contributed by atoms with E-state index in [1.54, 1.807) is 78.9 Å². The first-order chi connectivity index (χ1) is 34.2. The third kappa shape index (κ3) is 13.8. The summed E-state index contributed by atoms with van der Waals surface area (Å²) in [5, 5.41) is 8.35. The second-order valence-electron chi connectivity index (χ2n) is 17.3. The lowest BCUT2D eigenvalue weighted by Gasteiger charge is -2.11. The van der Waals surface area contributed by atoms with Crippen molar-refractivity contribution >= 4 is 75.9 Å². The standard InChI is InChI=1S/C20H19FN2OSi.C17H11FN2O.C15H10BrFN2O.C4H8O/c1-25(2,3)11-10-14-8-9-18-16(12-14)20(22-13-19(24)23-18)15-6-4-5-7-17(15)21;1-2-11-7-8-15-13(9-11)17(19-10-16(21)20-15)12-5-3-4-6-14(12)18;16-9-5-6-13-11(7-9)15(18-8-14(20)19-13)10-3-1-2-4-12(10)17;1-2-4-5-3-1/h4-9,12H,13H2,1-3H3,(H,23,24);1,3-9H,10H2,(H,20,21);1-7H,8H2,(H,19,20);1-4H2. The molecule has 0 aliphatic carbocycles. The Morgan fingerprint density at radius 2 is 0.915 bits per heavy atom. The topological polar surface area (TPSA) is 134 Å². The summed E-state index contributed by atoms with van der Waals surface area (Å²) in [6, 6.07) is 35.4. The molecule has 4 heterocycles. The molecule has 0 unspecified atom stereocenters. The van der Waals surface area contributed by atoms with Crippen molar-refractivity contribution in [1.29, 1.82) is 0 Å². The van der Waals surface area contributed by atoms with Crippen molar-refractivity contribution in [3.8, 4) is 23.8 Å². The Morgan fingerprint density at radius 1 is 0.535 bits per heavy atom. The highest BCUT2D eigenvalue weighted by atomic mass is 79.9. The molecule has 0 aromatic heterocycles. The number of ether oxygens (including phenoxy) is 1. The van der Waals surface area contributed by atoms with Crippen molar-refractivity contribution in [1.82, 2.24) is 0 Å². The molecule has 0 radical (unpaired) electrons. The first-order valence-electron chi connectivity index (χ1n) is 22.6.